The molecular formula is C12H14Cl3V. The fourth-order valence-corrected chi connectivity index (χ4v) is 3.55. The molecule has 0 unspecified atom stereocenters. The van der Waals surface area contributed by atoms with Crippen LogP contribution in [-0.2, 0) is 16.3 Å². The minimum Gasteiger partial charge on any atom is -1.00 e. The first-order valence-corrected chi connectivity index (χ1v) is 6.11. The Morgan fingerprint density at radius 1 is 0.812 bits per heavy atom. The molecule has 0 amide bonds. The van der Waals surface area contributed by atoms with Crippen LogP contribution in [0.2, 0.25) is 0 Å². The molecule has 0 aromatic carbocycles. The summed E-state index contributed by atoms with van der Waals surface area (Å²) in [6, 6.07) is 0. The van der Waals surface area contributed by atoms with E-state index in [0.717, 1.165) is 0 Å². The van der Waals surface area contributed by atoms with Crippen LogP contribution in [-0.4, -0.2) is 0 Å². The van der Waals surface area contributed by atoms with Crippen molar-refractivity contribution in [2.45, 2.75) is 26.7 Å². The van der Waals surface area contributed by atoms with Gasteiger partial charge in [-0.05, 0) is 0 Å². The fraction of sp³-hybridized carbons (Fsp3) is 0.333. The van der Waals surface area contributed by atoms with Crippen LogP contribution in [0.5, 0.6) is 0 Å². The SMILES string of the molecule is CC1=[C]([V+3][C]2=C(C)C=CC2)CC=C1.[Cl-].[Cl-].[Cl-]. The number of halogens is 3. The molecule has 2 aliphatic rings. The Bertz CT molecular complexity index is 317. The molecule has 2 rings (SSSR count). The Morgan fingerprint density at radius 2 is 1.19 bits per heavy atom. The maximum absolute atomic E-state index is 2.29. The van der Waals surface area contributed by atoms with Gasteiger partial charge in [-0.15, -0.1) is 0 Å². The first-order valence-electron chi connectivity index (χ1n) is 4.71. The maximum Gasteiger partial charge on any atom is -1.00 e. The fourth-order valence-electron chi connectivity index (χ4n) is 1.64. The normalized spacial score (nSPS) is 16.6. The van der Waals surface area contributed by atoms with E-state index in [4.69, 9.17) is 0 Å². The van der Waals surface area contributed by atoms with Gasteiger partial charge in [0.15, 0.2) is 0 Å². The Labute approximate surface area is 124 Å². The predicted octanol–water partition coefficient (Wildman–Crippen LogP) is -5.45. The summed E-state index contributed by atoms with van der Waals surface area (Å²) in [5.74, 6) is 0. The van der Waals surface area contributed by atoms with E-state index in [9.17, 15) is 0 Å². The maximum atomic E-state index is 2.29. The molecule has 4 heteroatoms. The molecule has 0 heterocycles. The molecule has 2 aliphatic carbocycles. The van der Waals surface area contributed by atoms with Gasteiger partial charge in [0.1, 0.15) is 0 Å². The monoisotopic (exact) mass is 314 g/mol. The Hall–Kier alpha value is 0.414. The van der Waals surface area contributed by atoms with E-state index in [-0.39, 0.29) is 37.2 Å². The predicted molar refractivity (Wildman–Crippen MR) is 52.9 cm³/mol. The van der Waals surface area contributed by atoms with Crippen molar-refractivity contribution >= 4 is 0 Å². The third-order valence-electron chi connectivity index (χ3n) is 2.54. The van der Waals surface area contributed by atoms with Crippen LogP contribution in [0.15, 0.2) is 44.0 Å². The molecule has 88 valence electrons. The second kappa shape index (κ2) is 8.50. The van der Waals surface area contributed by atoms with Gasteiger partial charge in [-0.3, -0.25) is 0 Å². The standard InChI is InChI=1S/2C6H7.3ClH.V/c2*1-6-4-2-3-5-6;;;;/h2*2,4H,3H2,1H3;3*1H;/q;;;;;+3/p-3. The van der Waals surface area contributed by atoms with Crippen molar-refractivity contribution in [2.75, 3.05) is 0 Å². The molecule has 0 aliphatic heterocycles. The third-order valence-corrected chi connectivity index (χ3v) is 5.05. The molecule has 0 spiro atoms. The van der Waals surface area contributed by atoms with Crippen LogP contribution in [0.25, 0.3) is 0 Å². The van der Waals surface area contributed by atoms with E-state index in [0.29, 0.717) is 16.3 Å². The van der Waals surface area contributed by atoms with Crippen molar-refractivity contribution < 1.29 is 53.5 Å². The third kappa shape index (κ3) is 4.35. The molecule has 0 radical (unpaired) electrons. The number of allylic oxidation sites excluding steroid dienone is 8. The summed E-state index contributed by atoms with van der Waals surface area (Å²) in [4.78, 5) is 0. The van der Waals surface area contributed by atoms with Gasteiger partial charge in [0.05, 0.1) is 0 Å². The van der Waals surface area contributed by atoms with Gasteiger partial charge in [0.25, 0.3) is 0 Å². The van der Waals surface area contributed by atoms with Crippen molar-refractivity contribution in [1.29, 1.82) is 0 Å². The summed E-state index contributed by atoms with van der Waals surface area (Å²) in [5.41, 5.74) is 3.04. The van der Waals surface area contributed by atoms with E-state index in [2.05, 4.69) is 38.2 Å². The molecule has 0 atom stereocenters. The smallest absolute Gasteiger partial charge is 1.00 e. The topological polar surface area (TPSA) is 0 Å². The van der Waals surface area contributed by atoms with Crippen LogP contribution >= 0.6 is 0 Å². The summed E-state index contributed by atoms with van der Waals surface area (Å²) in [5, 5.41) is 0. The molecule has 0 saturated heterocycles. The van der Waals surface area contributed by atoms with E-state index < -0.39 is 0 Å². The summed E-state index contributed by atoms with van der Waals surface area (Å²) < 4.78 is 3.41. The Morgan fingerprint density at radius 3 is 1.44 bits per heavy atom. The Kier molecular flexibility index (Phi) is 9.97. The van der Waals surface area contributed by atoms with E-state index >= 15 is 0 Å². The molecule has 0 aromatic heterocycles. The number of hydrogen-bond acceptors (Lipinski definition) is 0. The summed E-state index contributed by atoms with van der Waals surface area (Å²) >= 11 is 0.322. The van der Waals surface area contributed by atoms with Crippen molar-refractivity contribution in [2.24, 2.45) is 0 Å². The molecule has 0 fully saturated rings. The van der Waals surface area contributed by atoms with Gasteiger partial charge in [0.2, 0.25) is 0 Å². The van der Waals surface area contributed by atoms with Gasteiger partial charge >= 0.3 is 87.0 Å². The zero-order valence-electron chi connectivity index (χ0n) is 9.30. The van der Waals surface area contributed by atoms with Gasteiger partial charge < -0.3 is 37.2 Å². The van der Waals surface area contributed by atoms with Gasteiger partial charge in [0, 0.05) is 0 Å². The first-order chi connectivity index (χ1) is 6.27. The molecule has 16 heavy (non-hydrogen) atoms. The molecular weight excluding hydrogens is 301 g/mol. The van der Waals surface area contributed by atoms with E-state index in [1.165, 1.54) is 24.0 Å². The molecule has 0 aromatic rings. The van der Waals surface area contributed by atoms with Gasteiger partial charge in [-0.2, -0.15) is 0 Å². The molecule has 0 nitrogen and oxygen atoms in total. The van der Waals surface area contributed by atoms with Crippen molar-refractivity contribution in [1.82, 2.24) is 0 Å². The largest absolute Gasteiger partial charge is 1.00 e. The quantitative estimate of drug-likeness (QED) is 0.477. The van der Waals surface area contributed by atoms with Crippen LogP contribution in [0, 0.1) is 0 Å². The van der Waals surface area contributed by atoms with Crippen LogP contribution in [0.3, 0.4) is 0 Å². The zero-order valence-corrected chi connectivity index (χ0v) is 13.0. The second-order valence-corrected chi connectivity index (χ2v) is 5.62. The van der Waals surface area contributed by atoms with Crippen LogP contribution in [0.4, 0.5) is 0 Å². The molecule has 0 N–H and O–H groups in total. The van der Waals surface area contributed by atoms with Crippen LogP contribution in [0.1, 0.15) is 26.7 Å². The summed E-state index contributed by atoms with van der Waals surface area (Å²) in [6.07, 6.45) is 11.5. The van der Waals surface area contributed by atoms with Crippen molar-refractivity contribution in [3.05, 3.63) is 44.0 Å². The average molecular weight is 316 g/mol. The molecule has 0 saturated carbocycles. The second-order valence-electron chi connectivity index (χ2n) is 3.58. The van der Waals surface area contributed by atoms with Gasteiger partial charge in [-0.25, -0.2) is 0 Å². The van der Waals surface area contributed by atoms with Crippen molar-refractivity contribution in [3.8, 4) is 0 Å². The van der Waals surface area contributed by atoms with Crippen molar-refractivity contribution in [3.63, 3.8) is 0 Å². The van der Waals surface area contributed by atoms with Gasteiger partial charge in [-0.1, -0.05) is 0 Å². The summed E-state index contributed by atoms with van der Waals surface area (Å²) in [7, 11) is 0. The van der Waals surface area contributed by atoms with E-state index in [1.807, 2.05) is 0 Å². The average Bonchev–Trinajstić information content (AvgIpc) is 2.65. The number of hydrogen-bond donors (Lipinski definition) is 0. The minimum atomic E-state index is 0. The number of rotatable bonds is 2. The summed E-state index contributed by atoms with van der Waals surface area (Å²) in [6.45, 7) is 4.49. The minimum absolute atomic E-state index is 0. The van der Waals surface area contributed by atoms with E-state index in [1.54, 1.807) is 8.57 Å². The van der Waals surface area contributed by atoms with Crippen LogP contribution < -0.4 is 37.2 Å². The zero-order chi connectivity index (χ0) is 9.26. The first kappa shape index (κ1) is 18.8. The molecule has 0 bridgehead atoms. The Balaban J connectivity index is 0.